The van der Waals surface area contributed by atoms with Gasteiger partial charge in [-0.15, -0.1) is 0 Å². The SMILES string of the molecule is CCN1CN(CC)N(CC)CN1CC. The molecule has 1 saturated heterocycles. The van der Waals surface area contributed by atoms with Gasteiger partial charge in [-0.25, -0.2) is 20.0 Å². The summed E-state index contributed by atoms with van der Waals surface area (Å²) in [4.78, 5) is 0. The summed E-state index contributed by atoms with van der Waals surface area (Å²) in [5.74, 6) is 0. The van der Waals surface area contributed by atoms with Gasteiger partial charge in [0.05, 0.1) is 13.3 Å². The Morgan fingerprint density at radius 2 is 0.786 bits per heavy atom. The van der Waals surface area contributed by atoms with E-state index in [0.29, 0.717) is 0 Å². The van der Waals surface area contributed by atoms with Crippen LogP contribution < -0.4 is 0 Å². The molecule has 1 aliphatic heterocycles. The largest absolute Gasteiger partial charge is 0.225 e. The van der Waals surface area contributed by atoms with E-state index in [-0.39, 0.29) is 0 Å². The highest BCUT2D eigenvalue weighted by atomic mass is 15.8. The first-order valence-electron chi connectivity index (χ1n) is 5.76. The smallest absolute Gasteiger partial charge is 0.0787 e. The lowest BCUT2D eigenvalue weighted by Crippen LogP contribution is -2.63. The highest BCUT2D eigenvalue weighted by molar-refractivity contribution is 4.63. The van der Waals surface area contributed by atoms with E-state index < -0.39 is 0 Å². The number of hydrogen-bond donors (Lipinski definition) is 0. The quantitative estimate of drug-likeness (QED) is 0.672. The molecule has 0 bridgehead atoms. The number of nitrogens with zero attached hydrogens (tertiary/aromatic N) is 4. The fourth-order valence-electron chi connectivity index (χ4n) is 1.93. The third kappa shape index (κ3) is 2.45. The molecule has 0 unspecified atom stereocenters. The number of hydrazine groups is 2. The molecular formula is C10H24N4. The van der Waals surface area contributed by atoms with Gasteiger partial charge in [0.25, 0.3) is 0 Å². The van der Waals surface area contributed by atoms with Crippen molar-refractivity contribution in [1.82, 2.24) is 20.0 Å². The number of hydrogen-bond acceptors (Lipinski definition) is 4. The van der Waals surface area contributed by atoms with Gasteiger partial charge in [0.15, 0.2) is 0 Å². The first-order chi connectivity index (χ1) is 6.76. The molecule has 4 nitrogen and oxygen atoms in total. The van der Waals surface area contributed by atoms with Crippen molar-refractivity contribution in [3.05, 3.63) is 0 Å². The number of rotatable bonds is 4. The molecule has 4 heteroatoms. The molecule has 14 heavy (non-hydrogen) atoms. The minimum absolute atomic E-state index is 1.04. The van der Waals surface area contributed by atoms with E-state index in [4.69, 9.17) is 0 Å². The normalized spacial score (nSPS) is 23.1. The standard InChI is InChI=1S/C10H24N4/c1-5-11-9-13(7-3)14(8-4)10-12(11)6-2/h5-10H2,1-4H3. The molecule has 1 aliphatic rings. The van der Waals surface area contributed by atoms with Gasteiger partial charge in [-0.1, -0.05) is 27.7 Å². The second kappa shape index (κ2) is 5.66. The zero-order chi connectivity index (χ0) is 10.6. The second-order valence-corrected chi connectivity index (χ2v) is 3.57. The summed E-state index contributed by atoms with van der Waals surface area (Å²) in [6.45, 7) is 15.4. The summed E-state index contributed by atoms with van der Waals surface area (Å²) in [6, 6.07) is 0. The molecule has 0 saturated carbocycles. The molecule has 0 amide bonds. The van der Waals surface area contributed by atoms with Crippen LogP contribution in [0.1, 0.15) is 27.7 Å². The molecular weight excluding hydrogens is 176 g/mol. The fourth-order valence-corrected chi connectivity index (χ4v) is 1.93. The van der Waals surface area contributed by atoms with Crippen molar-refractivity contribution in [3.63, 3.8) is 0 Å². The Balaban J connectivity index is 2.59. The second-order valence-electron chi connectivity index (χ2n) is 3.57. The maximum atomic E-state index is 2.41. The molecule has 1 heterocycles. The van der Waals surface area contributed by atoms with Gasteiger partial charge in [0, 0.05) is 26.2 Å². The maximum absolute atomic E-state index is 2.41. The molecule has 0 spiro atoms. The van der Waals surface area contributed by atoms with Crippen LogP contribution in [0.15, 0.2) is 0 Å². The van der Waals surface area contributed by atoms with Crippen LogP contribution in [0, 0.1) is 0 Å². The lowest BCUT2D eigenvalue weighted by atomic mass is 10.5. The Kier molecular flexibility index (Phi) is 4.81. The van der Waals surface area contributed by atoms with Crippen LogP contribution in [0.25, 0.3) is 0 Å². The summed E-state index contributed by atoms with van der Waals surface area (Å²) in [5.41, 5.74) is 0. The molecule has 1 fully saturated rings. The highest BCUT2D eigenvalue weighted by Gasteiger charge is 2.26. The van der Waals surface area contributed by atoms with Crippen LogP contribution in [0.5, 0.6) is 0 Å². The zero-order valence-electron chi connectivity index (χ0n) is 10.0. The Hall–Kier alpha value is -0.160. The fraction of sp³-hybridized carbons (Fsp3) is 1.00. The van der Waals surface area contributed by atoms with Gasteiger partial charge >= 0.3 is 0 Å². The maximum Gasteiger partial charge on any atom is 0.0787 e. The summed E-state index contributed by atoms with van der Waals surface area (Å²) >= 11 is 0. The Morgan fingerprint density at radius 3 is 0.929 bits per heavy atom. The van der Waals surface area contributed by atoms with Crippen LogP contribution in [-0.2, 0) is 0 Å². The minimum Gasteiger partial charge on any atom is -0.225 e. The third-order valence-corrected chi connectivity index (χ3v) is 2.91. The molecule has 0 radical (unpaired) electrons. The van der Waals surface area contributed by atoms with E-state index in [2.05, 4.69) is 47.7 Å². The molecule has 0 aromatic rings. The van der Waals surface area contributed by atoms with E-state index in [0.717, 1.165) is 39.5 Å². The van der Waals surface area contributed by atoms with Gasteiger partial charge < -0.3 is 0 Å². The van der Waals surface area contributed by atoms with Crippen LogP contribution in [-0.4, -0.2) is 59.6 Å². The topological polar surface area (TPSA) is 13.0 Å². The van der Waals surface area contributed by atoms with E-state index in [1.807, 2.05) is 0 Å². The predicted octanol–water partition coefficient (Wildman–Crippen LogP) is 1.03. The van der Waals surface area contributed by atoms with Crippen LogP contribution in [0.2, 0.25) is 0 Å². The summed E-state index contributed by atoms with van der Waals surface area (Å²) in [6.07, 6.45) is 0. The van der Waals surface area contributed by atoms with Crippen molar-refractivity contribution in [2.45, 2.75) is 27.7 Å². The summed E-state index contributed by atoms with van der Waals surface area (Å²) < 4.78 is 0. The Labute approximate surface area is 88.0 Å². The van der Waals surface area contributed by atoms with Gasteiger partial charge in [0.1, 0.15) is 0 Å². The minimum atomic E-state index is 1.04. The third-order valence-electron chi connectivity index (χ3n) is 2.91. The summed E-state index contributed by atoms with van der Waals surface area (Å²) in [7, 11) is 0. The molecule has 0 aliphatic carbocycles. The molecule has 1 rings (SSSR count). The van der Waals surface area contributed by atoms with Crippen molar-refractivity contribution >= 4 is 0 Å². The summed E-state index contributed by atoms with van der Waals surface area (Å²) in [5, 5.41) is 9.65. The lowest BCUT2D eigenvalue weighted by molar-refractivity contribution is -0.217. The monoisotopic (exact) mass is 200 g/mol. The van der Waals surface area contributed by atoms with Gasteiger partial charge in [-0.3, -0.25) is 0 Å². The van der Waals surface area contributed by atoms with E-state index in [9.17, 15) is 0 Å². The van der Waals surface area contributed by atoms with E-state index in [1.165, 1.54) is 0 Å². The lowest BCUT2D eigenvalue weighted by Gasteiger charge is -2.48. The first kappa shape index (κ1) is 11.9. The molecule has 0 aromatic carbocycles. The van der Waals surface area contributed by atoms with Crippen LogP contribution in [0.3, 0.4) is 0 Å². The predicted molar refractivity (Wildman–Crippen MR) is 59.3 cm³/mol. The van der Waals surface area contributed by atoms with Gasteiger partial charge in [-0.05, 0) is 0 Å². The van der Waals surface area contributed by atoms with Gasteiger partial charge in [0.2, 0.25) is 0 Å². The highest BCUT2D eigenvalue weighted by Crippen LogP contribution is 2.11. The first-order valence-corrected chi connectivity index (χ1v) is 5.76. The van der Waals surface area contributed by atoms with Crippen molar-refractivity contribution in [2.75, 3.05) is 39.5 Å². The van der Waals surface area contributed by atoms with Crippen molar-refractivity contribution < 1.29 is 0 Å². The van der Waals surface area contributed by atoms with Crippen molar-refractivity contribution in [1.29, 1.82) is 0 Å². The average Bonchev–Trinajstić information content (AvgIpc) is 2.26. The van der Waals surface area contributed by atoms with Crippen LogP contribution in [0.4, 0.5) is 0 Å². The van der Waals surface area contributed by atoms with Crippen molar-refractivity contribution in [3.8, 4) is 0 Å². The molecule has 0 N–H and O–H groups in total. The molecule has 0 atom stereocenters. The van der Waals surface area contributed by atoms with Crippen molar-refractivity contribution in [2.24, 2.45) is 0 Å². The van der Waals surface area contributed by atoms with E-state index in [1.54, 1.807) is 0 Å². The Bertz CT molecular complexity index is 128. The van der Waals surface area contributed by atoms with Crippen LogP contribution >= 0.6 is 0 Å². The van der Waals surface area contributed by atoms with Gasteiger partial charge in [-0.2, -0.15) is 0 Å². The Morgan fingerprint density at radius 1 is 0.571 bits per heavy atom. The molecule has 0 aromatic heterocycles. The van der Waals surface area contributed by atoms with E-state index >= 15 is 0 Å². The molecule has 84 valence electrons. The zero-order valence-corrected chi connectivity index (χ0v) is 10.0. The average molecular weight is 200 g/mol.